The first-order valence-corrected chi connectivity index (χ1v) is 5.84. The number of fused-ring (bicyclic) bond motifs is 4. The number of carbonyl (C=O) groups is 2. The Bertz CT molecular complexity index is 257. The van der Waals surface area contributed by atoms with E-state index in [4.69, 9.17) is 0 Å². The largest absolute Gasteiger partial charge is 0.299 e. The normalized spacial score (nSPS) is 46.6. The van der Waals surface area contributed by atoms with Gasteiger partial charge in [-0.15, -0.1) is 0 Å². The molecule has 0 bridgehead atoms. The van der Waals surface area contributed by atoms with Crippen molar-refractivity contribution >= 4 is 11.6 Å². The maximum Gasteiger partial charge on any atom is 0.136 e. The highest BCUT2D eigenvalue weighted by atomic mass is 16.1. The second-order valence-electron chi connectivity index (χ2n) is 5.10. The molecule has 0 heterocycles. The molecule has 0 unspecified atom stereocenters. The smallest absolute Gasteiger partial charge is 0.136 e. The topological polar surface area (TPSA) is 34.1 Å². The molecule has 0 aromatic rings. The summed E-state index contributed by atoms with van der Waals surface area (Å²) in [5, 5.41) is 0. The van der Waals surface area contributed by atoms with Crippen molar-refractivity contribution in [2.45, 2.75) is 38.5 Å². The Hall–Kier alpha value is -0.660. The van der Waals surface area contributed by atoms with E-state index >= 15 is 0 Å². The Morgan fingerprint density at radius 2 is 1.21 bits per heavy atom. The van der Waals surface area contributed by atoms with Crippen molar-refractivity contribution in [2.24, 2.45) is 23.7 Å². The van der Waals surface area contributed by atoms with Gasteiger partial charge in [-0.05, 0) is 37.5 Å². The van der Waals surface area contributed by atoms with E-state index in [1.165, 1.54) is 0 Å². The van der Waals surface area contributed by atoms with Crippen LogP contribution in [0.2, 0.25) is 0 Å². The predicted octanol–water partition coefficient (Wildman–Crippen LogP) is 1.97. The van der Waals surface area contributed by atoms with Gasteiger partial charge in [-0.3, -0.25) is 9.59 Å². The number of ketones is 2. The third kappa shape index (κ3) is 0.971. The van der Waals surface area contributed by atoms with Gasteiger partial charge in [0.1, 0.15) is 11.6 Å². The number of hydrogen-bond donors (Lipinski definition) is 0. The summed E-state index contributed by atoms with van der Waals surface area (Å²) in [6.07, 6.45) is 5.86. The molecule has 0 aromatic carbocycles. The Morgan fingerprint density at radius 1 is 0.786 bits per heavy atom. The minimum atomic E-state index is 0.290. The molecule has 76 valence electrons. The van der Waals surface area contributed by atoms with Crippen LogP contribution in [0.15, 0.2) is 0 Å². The molecule has 0 atom stereocenters. The average molecular weight is 192 g/mol. The molecule has 0 aliphatic heterocycles. The second kappa shape index (κ2) is 2.91. The number of carbonyl (C=O) groups excluding carboxylic acids is 2. The van der Waals surface area contributed by atoms with Crippen LogP contribution in [0.1, 0.15) is 38.5 Å². The summed E-state index contributed by atoms with van der Waals surface area (Å²) in [4.78, 5) is 23.4. The first-order chi connectivity index (χ1) is 6.79. The fourth-order valence-corrected chi connectivity index (χ4v) is 3.97. The summed E-state index contributed by atoms with van der Waals surface area (Å²) in [7, 11) is 0. The van der Waals surface area contributed by atoms with Gasteiger partial charge in [-0.25, -0.2) is 0 Å². The van der Waals surface area contributed by atoms with Crippen molar-refractivity contribution in [3.05, 3.63) is 0 Å². The summed E-state index contributed by atoms with van der Waals surface area (Å²) in [5.41, 5.74) is 0. The summed E-state index contributed by atoms with van der Waals surface area (Å²) in [6.45, 7) is 0. The highest BCUT2D eigenvalue weighted by molar-refractivity contribution is 5.90. The number of Topliss-reactive ketones (excluding diaryl/α,β-unsaturated/α-hetero) is 2. The van der Waals surface area contributed by atoms with Crippen LogP contribution in [0.4, 0.5) is 0 Å². The van der Waals surface area contributed by atoms with Gasteiger partial charge >= 0.3 is 0 Å². The molecule has 0 amide bonds. The van der Waals surface area contributed by atoms with Crippen molar-refractivity contribution < 1.29 is 9.59 Å². The highest BCUT2D eigenvalue weighted by Gasteiger charge is 2.57. The molecule has 3 aliphatic rings. The Morgan fingerprint density at radius 3 is 1.64 bits per heavy atom. The van der Waals surface area contributed by atoms with E-state index in [0.29, 0.717) is 23.4 Å². The number of rotatable bonds is 0. The van der Waals surface area contributed by atoms with Gasteiger partial charge in [0.15, 0.2) is 0 Å². The fraction of sp³-hybridized carbons (Fsp3) is 0.833. The van der Waals surface area contributed by atoms with Gasteiger partial charge in [-0.2, -0.15) is 0 Å². The summed E-state index contributed by atoms with van der Waals surface area (Å²) in [5.74, 6) is 2.40. The summed E-state index contributed by atoms with van der Waals surface area (Å²) < 4.78 is 0. The molecule has 3 saturated carbocycles. The van der Waals surface area contributed by atoms with Gasteiger partial charge in [-0.1, -0.05) is 0 Å². The summed E-state index contributed by atoms with van der Waals surface area (Å²) >= 11 is 0. The van der Waals surface area contributed by atoms with Crippen LogP contribution in [0.3, 0.4) is 0 Å². The zero-order chi connectivity index (χ0) is 9.71. The van der Waals surface area contributed by atoms with E-state index < -0.39 is 0 Å². The molecule has 2 nitrogen and oxygen atoms in total. The molecule has 3 aliphatic carbocycles. The van der Waals surface area contributed by atoms with E-state index in [1.807, 2.05) is 0 Å². The van der Waals surface area contributed by atoms with Crippen LogP contribution < -0.4 is 0 Å². The molecule has 2 heteroatoms. The minimum absolute atomic E-state index is 0.290. The van der Waals surface area contributed by atoms with Gasteiger partial charge < -0.3 is 0 Å². The molecule has 0 spiro atoms. The van der Waals surface area contributed by atoms with Crippen molar-refractivity contribution in [3.63, 3.8) is 0 Å². The lowest BCUT2D eigenvalue weighted by Gasteiger charge is -2.55. The van der Waals surface area contributed by atoms with Crippen LogP contribution in [-0.4, -0.2) is 11.6 Å². The third-order valence-corrected chi connectivity index (χ3v) is 4.51. The second-order valence-corrected chi connectivity index (χ2v) is 5.10. The monoisotopic (exact) mass is 192 g/mol. The lowest BCUT2D eigenvalue weighted by atomic mass is 9.47. The van der Waals surface area contributed by atoms with Crippen molar-refractivity contribution in [2.75, 3.05) is 0 Å². The maximum absolute atomic E-state index is 11.7. The Labute approximate surface area is 84.1 Å². The van der Waals surface area contributed by atoms with E-state index in [1.54, 1.807) is 0 Å². The zero-order valence-electron chi connectivity index (χ0n) is 8.37. The molecule has 3 fully saturated rings. The van der Waals surface area contributed by atoms with Crippen LogP contribution >= 0.6 is 0 Å². The van der Waals surface area contributed by atoms with Crippen molar-refractivity contribution in [3.8, 4) is 0 Å². The SMILES string of the molecule is O=C1CCCC2C1C1CCCC(=O)C21. The molecule has 3 rings (SSSR count). The first kappa shape index (κ1) is 8.63. The maximum atomic E-state index is 11.7. The van der Waals surface area contributed by atoms with E-state index in [-0.39, 0.29) is 11.8 Å². The zero-order valence-corrected chi connectivity index (χ0v) is 8.37. The lowest BCUT2D eigenvalue weighted by Crippen LogP contribution is -2.57. The molecule has 0 saturated heterocycles. The highest BCUT2D eigenvalue weighted by Crippen LogP contribution is 2.56. The van der Waals surface area contributed by atoms with Gasteiger partial charge in [0, 0.05) is 24.7 Å². The van der Waals surface area contributed by atoms with Crippen LogP contribution in [0.5, 0.6) is 0 Å². The lowest BCUT2D eigenvalue weighted by molar-refractivity contribution is -0.158. The Kier molecular flexibility index (Phi) is 1.80. The molecule has 0 N–H and O–H groups in total. The van der Waals surface area contributed by atoms with Crippen LogP contribution in [0.25, 0.3) is 0 Å². The Balaban J connectivity index is 1.85. The summed E-state index contributed by atoms with van der Waals surface area (Å²) in [6, 6.07) is 0. The quantitative estimate of drug-likeness (QED) is 0.588. The number of hydrogen-bond acceptors (Lipinski definition) is 2. The van der Waals surface area contributed by atoms with Crippen molar-refractivity contribution in [1.29, 1.82) is 0 Å². The van der Waals surface area contributed by atoms with E-state index in [2.05, 4.69) is 0 Å². The minimum Gasteiger partial charge on any atom is -0.299 e. The van der Waals surface area contributed by atoms with Crippen LogP contribution in [0, 0.1) is 23.7 Å². The molecular formula is C12H16O2. The van der Waals surface area contributed by atoms with Crippen LogP contribution in [-0.2, 0) is 9.59 Å². The molecule has 14 heavy (non-hydrogen) atoms. The van der Waals surface area contributed by atoms with Gasteiger partial charge in [0.05, 0.1) is 0 Å². The third-order valence-electron chi connectivity index (χ3n) is 4.51. The fourth-order valence-electron chi connectivity index (χ4n) is 3.97. The van der Waals surface area contributed by atoms with E-state index in [0.717, 1.165) is 38.5 Å². The van der Waals surface area contributed by atoms with Gasteiger partial charge in [0.2, 0.25) is 0 Å². The average Bonchev–Trinajstić information content (AvgIpc) is 2.13. The molecule has 0 radical (unpaired) electrons. The molecule has 0 aromatic heterocycles. The van der Waals surface area contributed by atoms with E-state index in [9.17, 15) is 9.59 Å². The van der Waals surface area contributed by atoms with Gasteiger partial charge in [0.25, 0.3) is 0 Å². The standard InChI is InChI=1S/C12H16O2/c13-9-5-1-3-7-11(9)8-4-2-6-10(14)12(7)8/h7-8,11-12H,1-6H2. The molecular weight excluding hydrogens is 176 g/mol. The first-order valence-electron chi connectivity index (χ1n) is 5.84. The predicted molar refractivity (Wildman–Crippen MR) is 51.7 cm³/mol. The van der Waals surface area contributed by atoms with Crippen molar-refractivity contribution in [1.82, 2.24) is 0 Å².